The number of thiazole rings is 1. The summed E-state index contributed by atoms with van der Waals surface area (Å²) in [6, 6.07) is 4.75. The molecule has 1 heterocycles. The van der Waals surface area contributed by atoms with Crippen LogP contribution >= 0.6 is 11.3 Å². The smallest absolute Gasteiger partial charge is 0.293 e. The minimum Gasteiger partial charge on any atom is -0.293 e. The number of nitrogens with zero attached hydrogens (tertiary/aromatic N) is 2. The van der Waals surface area contributed by atoms with Crippen molar-refractivity contribution in [1.82, 2.24) is 20.7 Å². The number of benzene rings is 1. The Hall–Kier alpha value is -2.46. The molecule has 2 rings (SSSR count). The first kappa shape index (κ1) is 20.8. The Balaban J connectivity index is 1.74. The Labute approximate surface area is 158 Å². The Bertz CT molecular complexity index is 790. The van der Waals surface area contributed by atoms with Crippen LogP contribution in [0.25, 0.3) is 0 Å². The van der Waals surface area contributed by atoms with Crippen molar-refractivity contribution in [3.8, 4) is 0 Å². The molecule has 0 aliphatic carbocycles. The Kier molecular flexibility index (Phi) is 6.92. The third kappa shape index (κ3) is 6.99. The highest BCUT2D eigenvalue weighted by molar-refractivity contribution is 7.09. The second-order valence-corrected chi connectivity index (χ2v) is 6.97. The van der Waals surface area contributed by atoms with Crippen molar-refractivity contribution in [2.24, 2.45) is 0 Å². The fraction of sp³-hybridized carbons (Fsp3) is 0.353. The third-order valence-electron chi connectivity index (χ3n) is 3.47. The molecule has 0 aliphatic heterocycles. The maximum Gasteiger partial charge on any atom is 0.416 e. The first-order valence-corrected chi connectivity index (χ1v) is 8.85. The van der Waals surface area contributed by atoms with Crippen LogP contribution in [0.3, 0.4) is 0 Å². The van der Waals surface area contributed by atoms with Crippen molar-refractivity contribution in [2.45, 2.75) is 26.1 Å². The molecule has 0 radical (unpaired) electrons. The van der Waals surface area contributed by atoms with E-state index in [-0.39, 0.29) is 25.4 Å². The van der Waals surface area contributed by atoms with Gasteiger partial charge in [0.25, 0.3) is 5.91 Å². The van der Waals surface area contributed by atoms with Gasteiger partial charge >= 0.3 is 6.18 Å². The van der Waals surface area contributed by atoms with E-state index in [1.807, 2.05) is 12.3 Å². The number of nitrogens with one attached hydrogen (secondary N) is 2. The molecule has 2 N–H and O–H groups in total. The highest BCUT2D eigenvalue weighted by atomic mass is 32.1. The molecule has 6 nitrogen and oxygen atoms in total. The first-order chi connectivity index (χ1) is 12.6. The fourth-order valence-corrected chi connectivity index (χ4v) is 3.03. The summed E-state index contributed by atoms with van der Waals surface area (Å²) in [5, 5.41) is 2.48. The number of hydrogen-bond acceptors (Lipinski definition) is 5. The molecule has 0 bridgehead atoms. The lowest BCUT2D eigenvalue weighted by Gasteiger charge is -2.17. The van der Waals surface area contributed by atoms with E-state index in [1.54, 1.807) is 11.9 Å². The second kappa shape index (κ2) is 8.96. The van der Waals surface area contributed by atoms with Gasteiger partial charge in [0.2, 0.25) is 5.91 Å². The van der Waals surface area contributed by atoms with Crippen LogP contribution in [-0.2, 0) is 28.7 Å². The van der Waals surface area contributed by atoms with Crippen molar-refractivity contribution in [3.63, 3.8) is 0 Å². The number of likely N-dealkylation sites (N-methyl/N-ethyl adjacent to an activating group) is 1. The van der Waals surface area contributed by atoms with E-state index in [0.29, 0.717) is 10.6 Å². The quantitative estimate of drug-likeness (QED) is 0.730. The molecule has 1 aromatic heterocycles. The Morgan fingerprint density at radius 2 is 1.78 bits per heavy atom. The molecule has 27 heavy (non-hydrogen) atoms. The number of aromatic nitrogens is 1. The van der Waals surface area contributed by atoms with Gasteiger partial charge in [-0.15, -0.1) is 11.3 Å². The monoisotopic (exact) mass is 400 g/mol. The number of halogens is 3. The lowest BCUT2D eigenvalue weighted by Crippen LogP contribution is -2.46. The minimum atomic E-state index is -4.38. The molecule has 10 heteroatoms. The van der Waals surface area contributed by atoms with E-state index >= 15 is 0 Å². The molecule has 0 unspecified atom stereocenters. The van der Waals surface area contributed by atoms with Crippen LogP contribution in [0.5, 0.6) is 0 Å². The summed E-state index contributed by atoms with van der Waals surface area (Å²) < 4.78 is 37.6. The summed E-state index contributed by atoms with van der Waals surface area (Å²) in [6.07, 6.45) is -4.31. The van der Waals surface area contributed by atoms with Gasteiger partial charge in [-0.25, -0.2) is 4.98 Å². The summed E-state index contributed by atoms with van der Waals surface area (Å²) in [5.74, 6) is -0.823. The lowest BCUT2D eigenvalue weighted by molar-refractivity contribution is -0.137. The van der Waals surface area contributed by atoms with Gasteiger partial charge in [-0.3, -0.25) is 25.3 Å². The van der Waals surface area contributed by atoms with Crippen LogP contribution in [-0.4, -0.2) is 35.3 Å². The van der Waals surface area contributed by atoms with E-state index < -0.39 is 17.6 Å². The van der Waals surface area contributed by atoms with E-state index in [4.69, 9.17) is 0 Å². The van der Waals surface area contributed by atoms with Crippen molar-refractivity contribution in [2.75, 3.05) is 13.6 Å². The van der Waals surface area contributed by atoms with Crippen LogP contribution in [0.4, 0.5) is 13.2 Å². The van der Waals surface area contributed by atoms with E-state index in [0.717, 1.165) is 17.8 Å². The van der Waals surface area contributed by atoms with Crippen LogP contribution in [0, 0.1) is 6.92 Å². The average molecular weight is 400 g/mol. The number of hydrogen-bond donors (Lipinski definition) is 2. The molecule has 146 valence electrons. The molecule has 0 atom stereocenters. The number of alkyl halides is 3. The molecule has 0 aliphatic rings. The van der Waals surface area contributed by atoms with Crippen molar-refractivity contribution in [3.05, 3.63) is 51.5 Å². The predicted molar refractivity (Wildman–Crippen MR) is 94.6 cm³/mol. The summed E-state index contributed by atoms with van der Waals surface area (Å²) in [6.45, 7) is 2.09. The summed E-state index contributed by atoms with van der Waals surface area (Å²) >= 11 is 1.36. The van der Waals surface area contributed by atoms with Crippen LogP contribution < -0.4 is 10.9 Å². The van der Waals surface area contributed by atoms with Crippen molar-refractivity contribution >= 4 is 23.2 Å². The Morgan fingerprint density at radius 1 is 1.15 bits per heavy atom. The summed E-state index contributed by atoms with van der Waals surface area (Å²) in [7, 11) is 1.65. The zero-order chi connectivity index (χ0) is 20.0. The summed E-state index contributed by atoms with van der Waals surface area (Å²) in [5.41, 5.74) is 5.37. The van der Waals surface area contributed by atoms with Gasteiger partial charge in [-0.1, -0.05) is 12.1 Å². The molecule has 0 fully saturated rings. The fourth-order valence-electron chi connectivity index (χ4n) is 2.26. The number of amides is 2. The molecular weight excluding hydrogens is 381 g/mol. The Morgan fingerprint density at radius 3 is 2.33 bits per heavy atom. The van der Waals surface area contributed by atoms with Gasteiger partial charge in [-0.05, 0) is 31.7 Å². The van der Waals surface area contributed by atoms with Gasteiger partial charge in [0.15, 0.2) is 0 Å². The molecule has 2 aromatic rings. The molecule has 0 spiro atoms. The topological polar surface area (TPSA) is 74.3 Å². The maximum atomic E-state index is 12.5. The van der Waals surface area contributed by atoms with E-state index in [9.17, 15) is 22.8 Å². The average Bonchev–Trinajstić information content (AvgIpc) is 2.97. The first-order valence-electron chi connectivity index (χ1n) is 7.97. The molecule has 0 saturated heterocycles. The highest BCUT2D eigenvalue weighted by Gasteiger charge is 2.29. The normalized spacial score (nSPS) is 11.5. The minimum absolute atomic E-state index is 0.0301. The number of rotatable bonds is 6. The van der Waals surface area contributed by atoms with Crippen LogP contribution in [0.2, 0.25) is 0 Å². The largest absolute Gasteiger partial charge is 0.416 e. The van der Waals surface area contributed by atoms with Crippen molar-refractivity contribution < 1.29 is 22.8 Å². The number of carbonyl (C=O) groups excluding carboxylic acids is 2. The van der Waals surface area contributed by atoms with Gasteiger partial charge in [0, 0.05) is 17.6 Å². The lowest BCUT2D eigenvalue weighted by atomic mass is 10.1. The van der Waals surface area contributed by atoms with Crippen LogP contribution in [0.15, 0.2) is 29.6 Å². The highest BCUT2D eigenvalue weighted by Crippen LogP contribution is 2.29. The predicted octanol–water partition coefficient (Wildman–Crippen LogP) is 2.29. The van der Waals surface area contributed by atoms with E-state index in [1.165, 1.54) is 23.5 Å². The number of aryl methyl sites for hydroxylation is 1. The molecule has 0 saturated carbocycles. The molecule has 1 aromatic carbocycles. The maximum absolute atomic E-state index is 12.5. The van der Waals surface area contributed by atoms with Gasteiger partial charge in [0.05, 0.1) is 18.5 Å². The SMILES string of the molecule is Cc1csc(CC(=O)NNC(=O)CN(C)Cc2ccc(C(F)(F)F)cc2)n1. The zero-order valence-electron chi connectivity index (χ0n) is 14.8. The van der Waals surface area contributed by atoms with E-state index in [2.05, 4.69) is 15.8 Å². The van der Waals surface area contributed by atoms with Crippen LogP contribution in [0.1, 0.15) is 21.8 Å². The number of carbonyl (C=O) groups is 2. The molecule has 2 amide bonds. The van der Waals surface area contributed by atoms with Crippen molar-refractivity contribution in [1.29, 1.82) is 0 Å². The zero-order valence-corrected chi connectivity index (χ0v) is 15.6. The second-order valence-electron chi connectivity index (χ2n) is 6.02. The summed E-state index contributed by atoms with van der Waals surface area (Å²) in [4.78, 5) is 29.4. The van der Waals surface area contributed by atoms with Gasteiger partial charge in [-0.2, -0.15) is 13.2 Å². The standard InChI is InChI=1S/C17H19F3N4O2S/c1-11-10-27-16(21-11)7-14(25)22-23-15(26)9-24(2)8-12-3-5-13(6-4-12)17(18,19)20/h3-6,10H,7-9H2,1-2H3,(H,22,25)(H,23,26). The third-order valence-corrected chi connectivity index (χ3v) is 4.43. The van der Waals surface area contributed by atoms with Gasteiger partial charge in [0.1, 0.15) is 5.01 Å². The van der Waals surface area contributed by atoms with Gasteiger partial charge < -0.3 is 0 Å². The number of hydrazine groups is 1. The molecular formula is C17H19F3N4O2S.